The van der Waals surface area contributed by atoms with E-state index < -0.39 is 0 Å². The summed E-state index contributed by atoms with van der Waals surface area (Å²) in [7, 11) is 0. The normalized spacial score (nSPS) is 21.3. The van der Waals surface area contributed by atoms with E-state index in [4.69, 9.17) is 0 Å². The first-order chi connectivity index (χ1) is 7.29. The molecule has 1 heterocycles. The van der Waals surface area contributed by atoms with Crippen LogP contribution < -0.4 is 5.32 Å². The molecule has 0 spiro atoms. The number of nitrogens with one attached hydrogen (secondary N) is 1. The molecule has 1 saturated heterocycles. The highest BCUT2D eigenvalue weighted by Gasteiger charge is 2.18. The summed E-state index contributed by atoms with van der Waals surface area (Å²) in [4.78, 5) is 11.5. The van der Waals surface area contributed by atoms with Gasteiger partial charge < -0.3 is 5.32 Å². The topological polar surface area (TPSA) is 29.1 Å². The Kier molecular flexibility index (Phi) is 3.17. The number of ketones is 1. The molecular formula is C13H17NO. The molecule has 2 rings (SSSR count). The summed E-state index contributed by atoms with van der Waals surface area (Å²) in [5, 5.41) is 3.39. The average molecular weight is 203 g/mol. The van der Waals surface area contributed by atoms with Gasteiger partial charge in [0, 0.05) is 12.1 Å². The van der Waals surface area contributed by atoms with Gasteiger partial charge in [-0.2, -0.15) is 0 Å². The maximum absolute atomic E-state index is 11.5. The van der Waals surface area contributed by atoms with Crippen LogP contribution >= 0.6 is 0 Å². The molecule has 1 aromatic carbocycles. The molecule has 0 saturated carbocycles. The monoisotopic (exact) mass is 203 g/mol. The van der Waals surface area contributed by atoms with Crippen LogP contribution in [-0.4, -0.2) is 18.9 Å². The highest BCUT2D eigenvalue weighted by molar-refractivity contribution is 5.95. The third kappa shape index (κ3) is 2.26. The number of carbonyl (C=O) groups is 1. The van der Waals surface area contributed by atoms with E-state index in [2.05, 4.69) is 11.4 Å². The lowest BCUT2D eigenvalue weighted by Gasteiger charge is -2.24. The van der Waals surface area contributed by atoms with Crippen molar-refractivity contribution in [1.29, 1.82) is 0 Å². The molecule has 1 aromatic rings. The highest BCUT2D eigenvalue weighted by atomic mass is 16.1. The van der Waals surface area contributed by atoms with E-state index in [0.717, 1.165) is 18.7 Å². The molecule has 0 aromatic heterocycles. The smallest absolute Gasteiger partial charge is 0.160 e. The van der Waals surface area contributed by atoms with E-state index in [0.29, 0.717) is 5.92 Å². The quantitative estimate of drug-likeness (QED) is 0.748. The Labute approximate surface area is 90.7 Å². The van der Waals surface area contributed by atoms with Crippen molar-refractivity contribution in [3.63, 3.8) is 0 Å². The molecule has 1 N–H and O–H groups in total. The highest BCUT2D eigenvalue weighted by Crippen LogP contribution is 2.26. The van der Waals surface area contributed by atoms with Crippen LogP contribution in [0.4, 0.5) is 0 Å². The van der Waals surface area contributed by atoms with Crippen molar-refractivity contribution >= 4 is 5.78 Å². The molecular weight excluding hydrogens is 186 g/mol. The maximum Gasteiger partial charge on any atom is 0.160 e. The van der Waals surface area contributed by atoms with Gasteiger partial charge >= 0.3 is 0 Å². The number of carbonyl (C=O) groups excluding carboxylic acids is 1. The SMILES string of the molecule is CC(=O)c1ccccc1C1CCCNC1. The maximum atomic E-state index is 11.5. The molecule has 1 fully saturated rings. The van der Waals surface area contributed by atoms with Gasteiger partial charge in [-0.05, 0) is 37.8 Å². The molecule has 0 bridgehead atoms. The van der Waals surface area contributed by atoms with E-state index in [1.54, 1.807) is 6.92 Å². The molecule has 15 heavy (non-hydrogen) atoms. The van der Waals surface area contributed by atoms with Gasteiger partial charge in [0.25, 0.3) is 0 Å². The van der Waals surface area contributed by atoms with Crippen molar-refractivity contribution < 1.29 is 4.79 Å². The molecule has 1 unspecified atom stereocenters. The van der Waals surface area contributed by atoms with E-state index in [1.165, 1.54) is 18.4 Å². The fraction of sp³-hybridized carbons (Fsp3) is 0.462. The summed E-state index contributed by atoms with van der Waals surface area (Å²) in [5.74, 6) is 0.690. The van der Waals surface area contributed by atoms with Crippen LogP contribution in [-0.2, 0) is 0 Å². The van der Waals surface area contributed by atoms with Gasteiger partial charge in [-0.3, -0.25) is 4.79 Å². The van der Waals surface area contributed by atoms with E-state index >= 15 is 0 Å². The van der Waals surface area contributed by atoms with Crippen LogP contribution in [0.15, 0.2) is 24.3 Å². The molecule has 2 nitrogen and oxygen atoms in total. The minimum atomic E-state index is 0.177. The second-order valence-corrected chi connectivity index (χ2v) is 4.19. The molecule has 2 heteroatoms. The summed E-state index contributed by atoms with van der Waals surface area (Å²) in [6.07, 6.45) is 2.40. The van der Waals surface area contributed by atoms with Gasteiger partial charge in [-0.25, -0.2) is 0 Å². The molecule has 80 valence electrons. The number of hydrogen-bond acceptors (Lipinski definition) is 2. The molecule has 0 aliphatic carbocycles. The van der Waals surface area contributed by atoms with Crippen molar-refractivity contribution in [1.82, 2.24) is 5.32 Å². The van der Waals surface area contributed by atoms with E-state index in [9.17, 15) is 4.79 Å². The largest absolute Gasteiger partial charge is 0.316 e. The van der Waals surface area contributed by atoms with Gasteiger partial charge in [0.05, 0.1) is 0 Å². The average Bonchev–Trinajstić information content (AvgIpc) is 2.30. The lowest BCUT2D eigenvalue weighted by Crippen LogP contribution is -2.29. The minimum Gasteiger partial charge on any atom is -0.316 e. The Bertz CT molecular complexity index is 353. The third-order valence-electron chi connectivity index (χ3n) is 3.08. The first-order valence-electron chi connectivity index (χ1n) is 5.59. The Morgan fingerprint density at radius 3 is 2.87 bits per heavy atom. The zero-order valence-electron chi connectivity index (χ0n) is 9.12. The van der Waals surface area contributed by atoms with Crippen LogP contribution in [0.5, 0.6) is 0 Å². The van der Waals surface area contributed by atoms with Crippen LogP contribution in [0.2, 0.25) is 0 Å². The zero-order chi connectivity index (χ0) is 10.7. The van der Waals surface area contributed by atoms with Crippen LogP contribution in [0, 0.1) is 0 Å². The summed E-state index contributed by atoms with van der Waals surface area (Å²) in [6.45, 7) is 3.76. The predicted molar refractivity (Wildman–Crippen MR) is 61.3 cm³/mol. The molecule has 1 atom stereocenters. The fourth-order valence-corrected chi connectivity index (χ4v) is 2.29. The van der Waals surface area contributed by atoms with Crippen LogP contribution in [0.25, 0.3) is 0 Å². The number of benzene rings is 1. The summed E-state index contributed by atoms with van der Waals surface area (Å²) >= 11 is 0. The standard InChI is InChI=1S/C13H17NO/c1-10(15)12-6-2-3-7-13(12)11-5-4-8-14-9-11/h2-3,6-7,11,14H,4-5,8-9H2,1H3. The Balaban J connectivity index is 2.29. The number of Topliss-reactive ketones (excluding diaryl/α,β-unsaturated/α-hetero) is 1. The van der Waals surface area contributed by atoms with Crippen molar-refractivity contribution in [3.8, 4) is 0 Å². The van der Waals surface area contributed by atoms with E-state index in [1.807, 2.05) is 18.2 Å². The molecule has 1 aliphatic rings. The Hall–Kier alpha value is -1.15. The lowest BCUT2D eigenvalue weighted by atomic mass is 9.87. The van der Waals surface area contributed by atoms with Crippen LogP contribution in [0.3, 0.4) is 0 Å². The predicted octanol–water partition coefficient (Wildman–Crippen LogP) is 2.36. The number of piperidine rings is 1. The Morgan fingerprint density at radius 1 is 1.40 bits per heavy atom. The van der Waals surface area contributed by atoms with Crippen molar-refractivity contribution in [3.05, 3.63) is 35.4 Å². The molecule has 0 amide bonds. The van der Waals surface area contributed by atoms with Crippen molar-refractivity contribution in [2.75, 3.05) is 13.1 Å². The summed E-state index contributed by atoms with van der Waals surface area (Å²) < 4.78 is 0. The second-order valence-electron chi connectivity index (χ2n) is 4.19. The van der Waals surface area contributed by atoms with Gasteiger partial charge in [-0.15, -0.1) is 0 Å². The molecule has 1 aliphatic heterocycles. The third-order valence-corrected chi connectivity index (χ3v) is 3.08. The second kappa shape index (κ2) is 4.58. The van der Waals surface area contributed by atoms with Gasteiger partial charge in [-0.1, -0.05) is 24.3 Å². The van der Waals surface area contributed by atoms with Gasteiger partial charge in [0.1, 0.15) is 0 Å². The number of rotatable bonds is 2. The zero-order valence-corrected chi connectivity index (χ0v) is 9.12. The lowest BCUT2D eigenvalue weighted by molar-refractivity contribution is 0.101. The molecule has 0 radical (unpaired) electrons. The summed E-state index contributed by atoms with van der Waals surface area (Å²) in [6, 6.07) is 7.99. The summed E-state index contributed by atoms with van der Waals surface area (Å²) in [5.41, 5.74) is 2.11. The number of hydrogen-bond donors (Lipinski definition) is 1. The van der Waals surface area contributed by atoms with Crippen LogP contribution in [0.1, 0.15) is 41.6 Å². The van der Waals surface area contributed by atoms with Gasteiger partial charge in [0.2, 0.25) is 0 Å². The minimum absolute atomic E-state index is 0.177. The van der Waals surface area contributed by atoms with Gasteiger partial charge in [0.15, 0.2) is 5.78 Å². The van der Waals surface area contributed by atoms with E-state index in [-0.39, 0.29) is 5.78 Å². The van der Waals surface area contributed by atoms with Crippen molar-refractivity contribution in [2.45, 2.75) is 25.7 Å². The fourth-order valence-electron chi connectivity index (χ4n) is 2.29. The first kappa shape index (κ1) is 10.4. The first-order valence-corrected chi connectivity index (χ1v) is 5.59. The Morgan fingerprint density at radius 2 is 2.20 bits per heavy atom. The van der Waals surface area contributed by atoms with Crippen molar-refractivity contribution in [2.24, 2.45) is 0 Å².